The average Bonchev–Trinajstić information content (AvgIpc) is 3.30. The van der Waals surface area contributed by atoms with E-state index in [1.807, 2.05) is 55.5 Å². The first-order valence-corrected chi connectivity index (χ1v) is 12.8. The van der Waals surface area contributed by atoms with E-state index >= 15 is 0 Å². The first-order chi connectivity index (χ1) is 18.7. The molecule has 39 heavy (non-hydrogen) atoms. The summed E-state index contributed by atoms with van der Waals surface area (Å²) in [6, 6.07) is 17.9. The number of carboxylic acids is 1. The van der Waals surface area contributed by atoms with Crippen molar-refractivity contribution in [3.63, 3.8) is 0 Å². The molecule has 0 amide bonds. The largest absolute Gasteiger partial charge is 0.496 e. The molecule has 2 heterocycles. The van der Waals surface area contributed by atoms with Crippen LogP contribution in [0.4, 0.5) is 0 Å². The second-order valence-electron chi connectivity index (χ2n) is 9.90. The number of methoxy groups -OCH3 is 1. The van der Waals surface area contributed by atoms with Crippen LogP contribution in [0.3, 0.4) is 0 Å². The molecule has 8 nitrogen and oxygen atoms in total. The quantitative estimate of drug-likeness (QED) is 0.265. The van der Waals surface area contributed by atoms with E-state index in [2.05, 4.69) is 18.9 Å². The van der Waals surface area contributed by atoms with Gasteiger partial charge in [-0.25, -0.2) is 9.78 Å². The lowest BCUT2D eigenvalue weighted by Crippen LogP contribution is -2.20. The topological polar surface area (TPSA) is 98.7 Å². The second kappa shape index (κ2) is 10.2. The maximum Gasteiger partial charge on any atom is 0.326 e. The number of aryl methyl sites for hydroxylation is 1. The van der Waals surface area contributed by atoms with Crippen molar-refractivity contribution >= 4 is 34.0 Å². The van der Waals surface area contributed by atoms with Crippen molar-refractivity contribution in [1.29, 1.82) is 0 Å². The molecular weight excluding hydrogens is 492 g/mol. The highest BCUT2D eigenvalue weighted by Gasteiger charge is 2.20. The van der Waals surface area contributed by atoms with Gasteiger partial charge >= 0.3 is 5.97 Å². The van der Waals surface area contributed by atoms with Gasteiger partial charge in [0.05, 0.1) is 24.2 Å². The van der Waals surface area contributed by atoms with Crippen LogP contribution in [0.5, 0.6) is 5.75 Å². The lowest BCUT2D eigenvalue weighted by molar-refractivity contribution is -0.140. The number of carboxylic acid groups (broad SMARTS) is 1. The minimum absolute atomic E-state index is 0.186. The molecule has 1 N–H and O–H groups in total. The Morgan fingerprint density at radius 2 is 1.74 bits per heavy atom. The number of hydrogen-bond acceptors (Lipinski definition) is 5. The molecule has 0 fully saturated rings. The van der Waals surface area contributed by atoms with E-state index < -0.39 is 12.0 Å². The molecule has 0 radical (unpaired) electrons. The van der Waals surface area contributed by atoms with Crippen molar-refractivity contribution in [3.05, 3.63) is 93.9 Å². The minimum Gasteiger partial charge on any atom is -0.496 e. The first kappa shape index (κ1) is 25.9. The highest BCUT2D eigenvalue weighted by atomic mass is 16.5. The van der Waals surface area contributed by atoms with E-state index in [4.69, 9.17) is 9.72 Å². The summed E-state index contributed by atoms with van der Waals surface area (Å²) in [7, 11) is 1.65. The molecular formula is C31H30N4O4. The second-order valence-corrected chi connectivity index (χ2v) is 9.90. The number of aliphatic carboxylic acids is 1. The molecule has 0 aliphatic heterocycles. The molecule has 2 aromatic heterocycles. The maximum absolute atomic E-state index is 13.8. The third kappa shape index (κ3) is 4.58. The summed E-state index contributed by atoms with van der Waals surface area (Å²) in [5, 5.41) is 15.6. The van der Waals surface area contributed by atoms with E-state index in [-0.39, 0.29) is 11.5 Å². The van der Waals surface area contributed by atoms with E-state index in [0.717, 1.165) is 33.3 Å². The summed E-state index contributed by atoms with van der Waals surface area (Å²) in [6.07, 6.45) is 3.35. The van der Waals surface area contributed by atoms with Gasteiger partial charge in [0.2, 0.25) is 0 Å². The van der Waals surface area contributed by atoms with E-state index in [1.54, 1.807) is 43.1 Å². The van der Waals surface area contributed by atoms with Crippen molar-refractivity contribution in [2.45, 2.75) is 39.7 Å². The molecule has 1 atom stereocenters. The molecule has 3 aromatic carbocycles. The summed E-state index contributed by atoms with van der Waals surface area (Å²) in [5.74, 6) is 0.447. The monoisotopic (exact) mass is 522 g/mol. The standard InChI is InChI=1S/C31H30N4O4/c1-18(2)24-15-25(19(3)14-28(24)39-5)29-33-26-12-8-6-11-23(26)30(36)35(29)32-16-21-17-34(20(4)31(37)38)27-13-9-7-10-22(21)27/h6-18,20H,1-5H3,(H,37,38)/t20-/m0/s1. The predicted molar refractivity (Wildman–Crippen MR) is 154 cm³/mol. The Morgan fingerprint density at radius 1 is 1.05 bits per heavy atom. The van der Waals surface area contributed by atoms with Crippen LogP contribution in [-0.2, 0) is 4.79 Å². The fraction of sp³-hybridized carbons (Fsp3) is 0.226. The van der Waals surface area contributed by atoms with Crippen molar-refractivity contribution in [3.8, 4) is 17.1 Å². The molecule has 5 rings (SSSR count). The van der Waals surface area contributed by atoms with E-state index in [1.165, 1.54) is 4.68 Å². The van der Waals surface area contributed by atoms with Gasteiger partial charge in [-0.2, -0.15) is 9.78 Å². The number of benzene rings is 3. The number of fused-ring (bicyclic) bond motifs is 2. The number of rotatable bonds is 7. The van der Waals surface area contributed by atoms with Crippen molar-refractivity contribution in [2.75, 3.05) is 7.11 Å². The number of carbonyl (C=O) groups is 1. The number of nitrogens with zero attached hydrogens (tertiary/aromatic N) is 4. The van der Waals surface area contributed by atoms with Crippen LogP contribution >= 0.6 is 0 Å². The van der Waals surface area contributed by atoms with Gasteiger partial charge in [0.1, 0.15) is 11.8 Å². The minimum atomic E-state index is -0.938. The van der Waals surface area contributed by atoms with Crippen molar-refractivity contribution in [1.82, 2.24) is 14.2 Å². The molecule has 0 aliphatic carbocycles. The van der Waals surface area contributed by atoms with E-state index in [9.17, 15) is 14.7 Å². The molecule has 5 aromatic rings. The third-order valence-corrected chi connectivity index (χ3v) is 7.05. The Balaban J connectivity index is 1.75. The molecule has 0 aliphatic rings. The van der Waals surface area contributed by atoms with Crippen molar-refractivity contribution < 1.29 is 14.6 Å². The van der Waals surface area contributed by atoms with Gasteiger partial charge in [0, 0.05) is 28.2 Å². The van der Waals surface area contributed by atoms with E-state index in [0.29, 0.717) is 22.3 Å². The number of hydrogen-bond donors (Lipinski definition) is 1. The van der Waals surface area contributed by atoms with Crippen LogP contribution in [0.25, 0.3) is 33.2 Å². The average molecular weight is 523 g/mol. The maximum atomic E-state index is 13.8. The molecule has 198 valence electrons. The Hall–Kier alpha value is -4.72. The normalized spacial score (nSPS) is 12.6. The third-order valence-electron chi connectivity index (χ3n) is 7.05. The van der Waals surface area contributed by atoms with Gasteiger partial charge in [-0.15, -0.1) is 0 Å². The zero-order chi connectivity index (χ0) is 27.8. The lowest BCUT2D eigenvalue weighted by Gasteiger charge is -2.17. The SMILES string of the molecule is COc1cc(C)c(-c2nc3ccccc3c(=O)n2N=Cc2cn([C@@H](C)C(=O)O)c3ccccc23)cc1C(C)C. The smallest absolute Gasteiger partial charge is 0.326 e. The van der Waals surface area contributed by atoms with Crippen LogP contribution < -0.4 is 10.3 Å². The summed E-state index contributed by atoms with van der Waals surface area (Å²) in [6.45, 7) is 7.76. The lowest BCUT2D eigenvalue weighted by atomic mass is 9.96. The first-order valence-electron chi connectivity index (χ1n) is 12.8. The fourth-order valence-electron chi connectivity index (χ4n) is 4.87. The molecule has 0 saturated heterocycles. The number of aromatic nitrogens is 3. The fourth-order valence-corrected chi connectivity index (χ4v) is 4.87. The summed E-state index contributed by atoms with van der Waals surface area (Å²) < 4.78 is 8.65. The van der Waals surface area contributed by atoms with Gasteiger partial charge < -0.3 is 14.4 Å². The highest BCUT2D eigenvalue weighted by molar-refractivity contribution is 6.00. The Kier molecular flexibility index (Phi) is 6.78. The highest BCUT2D eigenvalue weighted by Crippen LogP contribution is 2.34. The molecule has 0 spiro atoms. The van der Waals surface area contributed by atoms with Gasteiger partial charge in [0.25, 0.3) is 5.56 Å². The van der Waals surface area contributed by atoms with Crippen LogP contribution in [0, 0.1) is 6.92 Å². The van der Waals surface area contributed by atoms with Crippen LogP contribution in [0.1, 0.15) is 49.4 Å². The van der Waals surface area contributed by atoms with Gasteiger partial charge in [-0.05, 0) is 61.2 Å². The van der Waals surface area contributed by atoms with Crippen LogP contribution in [-0.4, -0.2) is 38.6 Å². The van der Waals surface area contributed by atoms with Gasteiger partial charge in [-0.1, -0.05) is 44.2 Å². The summed E-state index contributed by atoms with van der Waals surface area (Å²) in [5.41, 5.74) is 4.43. The molecule has 8 heteroatoms. The van der Waals surface area contributed by atoms with Gasteiger partial charge in [-0.3, -0.25) is 4.79 Å². The summed E-state index contributed by atoms with van der Waals surface area (Å²) >= 11 is 0. The van der Waals surface area contributed by atoms with Crippen LogP contribution in [0.15, 0.2) is 76.8 Å². The number of para-hydroxylation sites is 2. The Labute approximate surface area is 225 Å². The predicted octanol–water partition coefficient (Wildman–Crippen LogP) is 5.99. The van der Waals surface area contributed by atoms with Gasteiger partial charge in [0.15, 0.2) is 5.82 Å². The van der Waals surface area contributed by atoms with Crippen LogP contribution in [0.2, 0.25) is 0 Å². The molecule has 0 saturated carbocycles. The molecule has 0 unspecified atom stereocenters. The Morgan fingerprint density at radius 3 is 2.44 bits per heavy atom. The zero-order valence-electron chi connectivity index (χ0n) is 22.5. The van der Waals surface area contributed by atoms with Crippen molar-refractivity contribution in [2.24, 2.45) is 5.10 Å². The number of ether oxygens (including phenoxy) is 1. The molecule has 0 bridgehead atoms. The Bertz CT molecular complexity index is 1810. The summed E-state index contributed by atoms with van der Waals surface area (Å²) in [4.78, 5) is 30.4. The zero-order valence-corrected chi connectivity index (χ0v) is 22.5.